The summed E-state index contributed by atoms with van der Waals surface area (Å²) in [5.74, 6) is -1.77. The number of hydrogen-bond acceptors (Lipinski definition) is 5. The van der Waals surface area contributed by atoms with E-state index in [9.17, 15) is 23.1 Å². The third-order valence-electron chi connectivity index (χ3n) is 3.16. The zero-order valence-corrected chi connectivity index (χ0v) is 15.9. The first kappa shape index (κ1) is 21.2. The largest absolute Gasteiger partial charge is 0.495 e. The summed E-state index contributed by atoms with van der Waals surface area (Å²) in [7, 11) is -2.96. The normalized spacial score (nSPS) is 12.7. The number of halogens is 1. The molecule has 0 aliphatic rings. The first-order valence-corrected chi connectivity index (χ1v) is 9.24. The minimum Gasteiger partial charge on any atom is -0.495 e. The second-order valence-corrected chi connectivity index (χ2v) is 7.90. The topological polar surface area (TPSA) is 122 Å². The number of carbonyl (C=O) groups is 2. The number of sulfonamides is 1. The molecule has 0 aromatic heterocycles. The van der Waals surface area contributed by atoms with Crippen LogP contribution in [0.1, 0.15) is 27.2 Å². The van der Waals surface area contributed by atoms with Crippen LogP contribution in [-0.4, -0.2) is 38.6 Å². The van der Waals surface area contributed by atoms with Crippen LogP contribution in [0.15, 0.2) is 17.0 Å². The summed E-state index contributed by atoms with van der Waals surface area (Å²) < 4.78 is 32.4. The number of hydrogen-bond donors (Lipinski definition) is 3. The fraction of sp³-hybridized carbons (Fsp3) is 0.467. The van der Waals surface area contributed by atoms with Crippen molar-refractivity contribution in [1.82, 2.24) is 4.72 Å². The maximum atomic E-state index is 12.6. The fourth-order valence-electron chi connectivity index (χ4n) is 2.11. The Balaban J connectivity index is 3.30. The smallest absolute Gasteiger partial charge is 0.321 e. The minimum absolute atomic E-state index is 0.0212. The van der Waals surface area contributed by atoms with Gasteiger partial charge in [-0.15, -0.1) is 0 Å². The maximum Gasteiger partial charge on any atom is 0.321 e. The Bertz CT molecular complexity index is 764. The number of ether oxygens (including phenoxy) is 1. The SMILES string of the molecule is COc1cc(NC(C)=O)c(Cl)cc1S(=O)(=O)N[C@H](CC(C)C)C(=O)O. The predicted molar refractivity (Wildman–Crippen MR) is 93.5 cm³/mol. The van der Waals surface area contributed by atoms with E-state index in [2.05, 4.69) is 10.0 Å². The van der Waals surface area contributed by atoms with Gasteiger partial charge in [-0.2, -0.15) is 4.72 Å². The zero-order chi connectivity index (χ0) is 19.4. The molecule has 0 radical (unpaired) electrons. The molecule has 0 saturated heterocycles. The van der Waals surface area contributed by atoms with E-state index in [4.69, 9.17) is 16.3 Å². The molecule has 0 aliphatic carbocycles. The highest BCUT2D eigenvalue weighted by atomic mass is 35.5. The summed E-state index contributed by atoms with van der Waals surface area (Å²) in [5.41, 5.74) is 0.182. The van der Waals surface area contributed by atoms with Gasteiger partial charge in [0.1, 0.15) is 16.7 Å². The fourth-order valence-corrected chi connectivity index (χ4v) is 3.77. The van der Waals surface area contributed by atoms with Crippen LogP contribution in [0, 0.1) is 5.92 Å². The average Bonchev–Trinajstić information content (AvgIpc) is 2.46. The van der Waals surface area contributed by atoms with E-state index in [1.54, 1.807) is 13.8 Å². The number of amides is 1. The number of anilines is 1. The number of rotatable bonds is 8. The van der Waals surface area contributed by atoms with Crippen molar-refractivity contribution in [1.29, 1.82) is 0 Å². The Hall–Kier alpha value is -1.84. The van der Waals surface area contributed by atoms with Gasteiger partial charge in [-0.05, 0) is 18.4 Å². The van der Waals surface area contributed by atoms with Gasteiger partial charge in [-0.3, -0.25) is 9.59 Å². The first-order valence-electron chi connectivity index (χ1n) is 7.38. The maximum absolute atomic E-state index is 12.6. The van der Waals surface area contributed by atoms with E-state index in [0.717, 1.165) is 6.07 Å². The number of aliphatic carboxylic acids is 1. The van der Waals surface area contributed by atoms with Crippen molar-refractivity contribution in [2.75, 3.05) is 12.4 Å². The predicted octanol–water partition coefficient (Wildman–Crippen LogP) is 2.08. The molecule has 0 fully saturated rings. The van der Waals surface area contributed by atoms with Crippen molar-refractivity contribution in [3.05, 3.63) is 17.2 Å². The Kier molecular flexibility index (Phi) is 7.21. The lowest BCUT2D eigenvalue weighted by Gasteiger charge is -2.18. The average molecular weight is 393 g/mol. The van der Waals surface area contributed by atoms with E-state index in [1.807, 2.05) is 0 Å². The molecule has 0 aliphatic heterocycles. The molecule has 0 saturated carbocycles. The molecule has 25 heavy (non-hydrogen) atoms. The number of carboxylic acid groups (broad SMARTS) is 1. The molecule has 0 unspecified atom stereocenters. The van der Waals surface area contributed by atoms with Crippen LogP contribution in [0.5, 0.6) is 5.75 Å². The van der Waals surface area contributed by atoms with Gasteiger partial charge in [-0.1, -0.05) is 25.4 Å². The molecule has 0 spiro atoms. The van der Waals surface area contributed by atoms with Crippen molar-refractivity contribution in [3.8, 4) is 5.75 Å². The molecule has 1 rings (SSSR count). The molecule has 1 aromatic carbocycles. The molecule has 1 amide bonds. The molecule has 3 N–H and O–H groups in total. The van der Waals surface area contributed by atoms with Gasteiger partial charge in [0.15, 0.2) is 0 Å². The Labute approximate surface area is 151 Å². The molecule has 10 heteroatoms. The number of carboxylic acids is 1. The number of carbonyl (C=O) groups excluding carboxylic acids is 1. The second kappa shape index (κ2) is 8.50. The highest BCUT2D eigenvalue weighted by Crippen LogP contribution is 2.34. The van der Waals surface area contributed by atoms with E-state index >= 15 is 0 Å². The van der Waals surface area contributed by atoms with Crippen LogP contribution in [0.4, 0.5) is 5.69 Å². The lowest BCUT2D eigenvalue weighted by molar-refractivity contribution is -0.139. The summed E-state index contributed by atoms with van der Waals surface area (Å²) >= 11 is 6.01. The third-order valence-corrected chi connectivity index (χ3v) is 4.96. The molecule has 140 valence electrons. The van der Waals surface area contributed by atoms with Crippen molar-refractivity contribution in [2.45, 2.75) is 38.1 Å². The Morgan fingerprint density at radius 2 is 1.92 bits per heavy atom. The molecule has 0 heterocycles. The molecule has 1 aromatic rings. The van der Waals surface area contributed by atoms with Crippen LogP contribution in [0.25, 0.3) is 0 Å². The molecular weight excluding hydrogens is 372 g/mol. The lowest BCUT2D eigenvalue weighted by atomic mass is 10.1. The highest BCUT2D eigenvalue weighted by Gasteiger charge is 2.29. The quantitative estimate of drug-likeness (QED) is 0.622. The summed E-state index contributed by atoms with van der Waals surface area (Å²) in [5, 5.41) is 11.7. The number of benzene rings is 1. The Morgan fingerprint density at radius 3 is 2.36 bits per heavy atom. The number of nitrogens with one attached hydrogen (secondary N) is 2. The standard InChI is InChI=1S/C15H21ClN2O6S/c1-8(2)5-12(15(20)21)18-25(22,23)14-6-10(16)11(17-9(3)19)7-13(14)24-4/h6-8,12,18H,5H2,1-4H3,(H,17,19)(H,20,21)/t12-/m1/s1. The monoisotopic (exact) mass is 392 g/mol. The summed E-state index contributed by atoms with van der Waals surface area (Å²) in [6.45, 7) is 4.84. The third kappa shape index (κ3) is 5.87. The van der Waals surface area contributed by atoms with Crippen LogP contribution >= 0.6 is 11.6 Å². The summed E-state index contributed by atoms with van der Waals surface area (Å²) in [6.07, 6.45) is 0.120. The molecular formula is C15H21ClN2O6S. The van der Waals surface area contributed by atoms with Gasteiger partial charge in [0, 0.05) is 13.0 Å². The van der Waals surface area contributed by atoms with Crippen molar-refractivity contribution in [2.24, 2.45) is 5.92 Å². The van der Waals surface area contributed by atoms with Gasteiger partial charge in [-0.25, -0.2) is 8.42 Å². The zero-order valence-electron chi connectivity index (χ0n) is 14.3. The summed E-state index contributed by atoms with van der Waals surface area (Å²) in [4.78, 5) is 22.2. The van der Waals surface area contributed by atoms with Crippen molar-refractivity contribution < 1.29 is 27.9 Å². The van der Waals surface area contributed by atoms with Gasteiger partial charge in [0.05, 0.1) is 17.8 Å². The van der Waals surface area contributed by atoms with Gasteiger partial charge in [0.25, 0.3) is 0 Å². The van der Waals surface area contributed by atoms with Crippen LogP contribution in [-0.2, 0) is 19.6 Å². The Morgan fingerprint density at radius 1 is 1.32 bits per heavy atom. The van der Waals surface area contributed by atoms with E-state index in [1.165, 1.54) is 20.1 Å². The molecule has 1 atom stereocenters. The van der Waals surface area contributed by atoms with Gasteiger partial charge in [0.2, 0.25) is 15.9 Å². The van der Waals surface area contributed by atoms with Crippen molar-refractivity contribution in [3.63, 3.8) is 0 Å². The lowest BCUT2D eigenvalue weighted by Crippen LogP contribution is -2.41. The van der Waals surface area contributed by atoms with Crippen LogP contribution in [0.3, 0.4) is 0 Å². The van der Waals surface area contributed by atoms with Gasteiger partial charge >= 0.3 is 5.97 Å². The van der Waals surface area contributed by atoms with E-state index in [-0.39, 0.29) is 39.6 Å². The highest BCUT2D eigenvalue weighted by molar-refractivity contribution is 7.89. The van der Waals surface area contributed by atoms with Crippen LogP contribution < -0.4 is 14.8 Å². The summed E-state index contributed by atoms with van der Waals surface area (Å²) in [6, 6.07) is 1.07. The van der Waals surface area contributed by atoms with Gasteiger partial charge < -0.3 is 15.2 Å². The number of methoxy groups -OCH3 is 1. The van der Waals surface area contributed by atoms with E-state index in [0.29, 0.717) is 0 Å². The first-order chi connectivity index (χ1) is 11.5. The van der Waals surface area contributed by atoms with E-state index < -0.39 is 22.0 Å². The van der Waals surface area contributed by atoms with Crippen molar-refractivity contribution >= 4 is 39.2 Å². The van der Waals surface area contributed by atoms with Crippen LogP contribution in [0.2, 0.25) is 5.02 Å². The molecule has 0 bridgehead atoms. The second-order valence-electron chi connectivity index (χ2n) is 5.81. The minimum atomic E-state index is -4.21. The molecule has 8 nitrogen and oxygen atoms in total.